The largest absolute Gasteiger partial charge is 0.497 e. The lowest BCUT2D eigenvalue weighted by Gasteiger charge is -2.42. The van der Waals surface area contributed by atoms with Crippen LogP contribution in [-0.4, -0.2) is 46.2 Å². The number of halogens is 6. The highest BCUT2D eigenvalue weighted by Crippen LogP contribution is 2.53. The lowest BCUT2D eigenvalue weighted by atomic mass is 9.68. The number of aliphatic hydroxyl groups is 1. The van der Waals surface area contributed by atoms with Crippen molar-refractivity contribution in [3.05, 3.63) is 111 Å². The summed E-state index contributed by atoms with van der Waals surface area (Å²) in [7, 11) is 1.59. The normalized spacial score (nSPS) is 20.8. The fourth-order valence-corrected chi connectivity index (χ4v) is 8.69. The highest BCUT2D eigenvalue weighted by Gasteiger charge is 2.44. The summed E-state index contributed by atoms with van der Waals surface area (Å²) in [5.41, 5.74) is 3.32. The second-order valence-electron chi connectivity index (χ2n) is 16.3. The van der Waals surface area contributed by atoms with Crippen molar-refractivity contribution < 1.29 is 40.9 Å². The summed E-state index contributed by atoms with van der Waals surface area (Å²) in [6.07, 6.45) is -2.03. The molecule has 2 aromatic carbocycles. The zero-order chi connectivity index (χ0) is 39.8. The zero-order valence-electron chi connectivity index (χ0n) is 31.9. The summed E-state index contributed by atoms with van der Waals surface area (Å²) in [5.74, 6) is -2.30. The predicted octanol–water partition coefficient (Wildman–Crippen LogP) is 10.4. The van der Waals surface area contributed by atoms with E-state index in [2.05, 4.69) is 23.8 Å². The Kier molecular flexibility index (Phi) is 11.4. The van der Waals surface area contributed by atoms with Crippen molar-refractivity contribution in [2.45, 2.75) is 115 Å². The van der Waals surface area contributed by atoms with E-state index >= 15 is 4.39 Å². The predicted molar refractivity (Wildman–Crippen MR) is 200 cm³/mol. The Morgan fingerprint density at radius 1 is 0.875 bits per heavy atom. The zero-order valence-corrected chi connectivity index (χ0v) is 31.9. The monoisotopic (exact) mass is 782 g/mol. The molecule has 4 aromatic rings. The molecule has 2 aliphatic carbocycles. The number of aromatic nitrogens is 3. The Morgan fingerprint density at radius 3 is 2.11 bits per heavy atom. The first-order valence-electron chi connectivity index (χ1n) is 19.3. The molecule has 0 radical (unpaired) electrons. The van der Waals surface area contributed by atoms with Crippen LogP contribution < -0.4 is 9.64 Å². The van der Waals surface area contributed by atoms with Gasteiger partial charge in [0.1, 0.15) is 5.75 Å². The standard InChI is InChI=1S/C43H48F6N4O3/c1-41(2)20-33-36(34(21-41)56-25-26-4-10-32(55-3)11-5-26)35(28-12-16-42(45,46)17-13-28)37(38(44)29-6-8-31(9-7-29)43(47,48)49)39(52-33)30-14-18-53(19-15-30)40-50-22-27(24-54)23-51-40/h4-11,22-23,28,30,34,38,54H,12-21,24-25H2,1-3H3/t34-,38-/m0/s1. The van der Waals surface area contributed by atoms with Gasteiger partial charge in [-0.15, -0.1) is 0 Å². The van der Waals surface area contributed by atoms with E-state index in [1.807, 2.05) is 29.2 Å². The van der Waals surface area contributed by atoms with Crippen LogP contribution in [0.2, 0.25) is 0 Å². The topological polar surface area (TPSA) is 80.6 Å². The molecule has 2 aromatic heterocycles. The number of pyridine rings is 1. The fourth-order valence-electron chi connectivity index (χ4n) is 8.69. The first-order chi connectivity index (χ1) is 26.6. The fraction of sp³-hybridized carbons (Fsp3) is 0.512. The first-order valence-corrected chi connectivity index (χ1v) is 19.3. The van der Waals surface area contributed by atoms with Gasteiger partial charge >= 0.3 is 6.18 Å². The molecule has 0 spiro atoms. The molecule has 2 fully saturated rings. The Balaban J connectivity index is 1.35. The van der Waals surface area contributed by atoms with Crippen molar-refractivity contribution >= 4 is 5.95 Å². The summed E-state index contributed by atoms with van der Waals surface area (Å²) >= 11 is 0. The maximum absolute atomic E-state index is 17.7. The average molecular weight is 783 g/mol. The molecule has 1 saturated heterocycles. The molecule has 1 N–H and O–H groups in total. The second-order valence-corrected chi connectivity index (χ2v) is 16.3. The number of anilines is 1. The minimum absolute atomic E-state index is 0.0463. The van der Waals surface area contributed by atoms with E-state index in [0.717, 1.165) is 29.0 Å². The number of benzene rings is 2. The van der Waals surface area contributed by atoms with Gasteiger partial charge in [0.15, 0.2) is 6.17 Å². The molecule has 7 rings (SSSR count). The quantitative estimate of drug-likeness (QED) is 0.161. The molecular formula is C43H48F6N4O3. The van der Waals surface area contributed by atoms with Gasteiger partial charge in [-0.05, 0) is 90.8 Å². The van der Waals surface area contributed by atoms with Crippen molar-refractivity contribution in [1.29, 1.82) is 0 Å². The van der Waals surface area contributed by atoms with Gasteiger partial charge in [-0.1, -0.05) is 38.1 Å². The molecule has 0 unspecified atom stereocenters. The molecule has 300 valence electrons. The van der Waals surface area contributed by atoms with Crippen LogP contribution in [0.25, 0.3) is 0 Å². The maximum atomic E-state index is 17.7. The third kappa shape index (κ3) is 8.68. The van der Waals surface area contributed by atoms with Crippen LogP contribution in [0.15, 0.2) is 60.9 Å². The van der Waals surface area contributed by atoms with Crippen molar-refractivity contribution in [3.8, 4) is 5.75 Å². The van der Waals surface area contributed by atoms with Crippen LogP contribution in [-0.2, 0) is 30.5 Å². The van der Waals surface area contributed by atoms with Crippen molar-refractivity contribution in [3.63, 3.8) is 0 Å². The van der Waals surface area contributed by atoms with Crippen molar-refractivity contribution in [2.75, 3.05) is 25.1 Å². The smallest absolute Gasteiger partial charge is 0.416 e. The van der Waals surface area contributed by atoms with Crippen molar-refractivity contribution in [1.82, 2.24) is 15.0 Å². The number of alkyl halides is 6. The third-order valence-electron chi connectivity index (χ3n) is 11.7. The molecule has 1 aliphatic heterocycles. The van der Waals surface area contributed by atoms with Crippen molar-refractivity contribution in [2.24, 2.45) is 5.41 Å². The number of hydrogen-bond acceptors (Lipinski definition) is 7. The SMILES string of the molecule is COc1ccc(CO[C@H]2CC(C)(C)Cc3nc(C4CCN(c5ncc(CO)cn5)CC4)c([C@@H](F)c4ccc(C(F)(F)F)cc4)c(C4CCC(F)(F)CC4)c32)cc1. The van der Waals surface area contributed by atoms with Gasteiger partial charge in [0.25, 0.3) is 0 Å². The lowest BCUT2D eigenvalue weighted by molar-refractivity contribution is -0.137. The molecule has 0 bridgehead atoms. The molecule has 56 heavy (non-hydrogen) atoms. The van der Waals surface area contributed by atoms with Crippen LogP contribution >= 0.6 is 0 Å². The van der Waals surface area contributed by atoms with E-state index in [1.165, 1.54) is 12.1 Å². The van der Waals surface area contributed by atoms with Crippen LogP contribution in [0.3, 0.4) is 0 Å². The summed E-state index contributed by atoms with van der Waals surface area (Å²) in [4.78, 5) is 16.2. The summed E-state index contributed by atoms with van der Waals surface area (Å²) in [6, 6.07) is 11.6. The third-order valence-corrected chi connectivity index (χ3v) is 11.7. The Bertz CT molecular complexity index is 1950. The Hall–Kier alpha value is -4.23. The Morgan fingerprint density at radius 2 is 1.52 bits per heavy atom. The van der Waals surface area contributed by atoms with Gasteiger partial charge in [0, 0.05) is 66.6 Å². The van der Waals surface area contributed by atoms with E-state index in [9.17, 15) is 27.1 Å². The summed E-state index contributed by atoms with van der Waals surface area (Å²) in [6.45, 7) is 5.39. The Labute approximate surface area is 323 Å². The number of piperidine rings is 1. The summed E-state index contributed by atoms with van der Waals surface area (Å²) in [5, 5.41) is 9.45. The molecule has 7 nitrogen and oxygen atoms in total. The second kappa shape index (κ2) is 16.0. The minimum atomic E-state index is -4.60. The molecule has 13 heteroatoms. The summed E-state index contributed by atoms with van der Waals surface area (Å²) < 4.78 is 100. The van der Waals surface area contributed by atoms with Gasteiger partial charge < -0.3 is 19.5 Å². The number of rotatable bonds is 10. The lowest BCUT2D eigenvalue weighted by Crippen LogP contribution is -2.36. The minimum Gasteiger partial charge on any atom is -0.497 e. The number of methoxy groups -OCH3 is 1. The number of nitrogens with zero attached hydrogens (tertiary/aromatic N) is 4. The number of ether oxygens (including phenoxy) is 2. The number of hydrogen-bond donors (Lipinski definition) is 1. The van der Waals surface area contributed by atoms with E-state index in [1.54, 1.807) is 19.5 Å². The van der Waals surface area contributed by atoms with Gasteiger partial charge in [0.05, 0.1) is 37.7 Å². The highest BCUT2D eigenvalue weighted by molar-refractivity contribution is 5.51. The molecule has 3 aliphatic rings. The molecule has 2 atom stereocenters. The van der Waals surface area contributed by atoms with E-state index < -0.39 is 35.9 Å². The highest BCUT2D eigenvalue weighted by atomic mass is 19.4. The van der Waals surface area contributed by atoms with Crippen LogP contribution in [0.4, 0.5) is 32.3 Å². The maximum Gasteiger partial charge on any atom is 0.416 e. The van der Waals surface area contributed by atoms with Crippen LogP contribution in [0, 0.1) is 5.41 Å². The number of aliphatic hydroxyl groups excluding tert-OH is 1. The van der Waals surface area contributed by atoms with Gasteiger partial charge in [0.2, 0.25) is 11.9 Å². The first kappa shape index (κ1) is 40.0. The van der Waals surface area contributed by atoms with Crippen LogP contribution in [0.1, 0.15) is 133 Å². The van der Waals surface area contributed by atoms with Gasteiger partial charge in [-0.3, -0.25) is 4.98 Å². The van der Waals surface area contributed by atoms with Gasteiger partial charge in [-0.25, -0.2) is 23.1 Å². The van der Waals surface area contributed by atoms with Crippen LogP contribution in [0.5, 0.6) is 5.75 Å². The van der Waals surface area contributed by atoms with Gasteiger partial charge in [-0.2, -0.15) is 13.2 Å². The molecular weight excluding hydrogens is 734 g/mol. The van der Waals surface area contributed by atoms with E-state index in [0.29, 0.717) is 67.3 Å². The van der Waals surface area contributed by atoms with E-state index in [-0.39, 0.29) is 61.4 Å². The molecule has 0 amide bonds. The van der Waals surface area contributed by atoms with E-state index in [4.69, 9.17) is 14.5 Å². The average Bonchev–Trinajstić information content (AvgIpc) is 3.18. The molecule has 1 saturated carbocycles. The number of fused-ring (bicyclic) bond motifs is 1. The molecule has 3 heterocycles.